The maximum Gasteiger partial charge on any atom is 0.232 e. The van der Waals surface area contributed by atoms with Crippen LogP contribution in [0.3, 0.4) is 0 Å². The zero-order valence-corrected chi connectivity index (χ0v) is 11.7. The summed E-state index contributed by atoms with van der Waals surface area (Å²) < 4.78 is 5.33. The lowest BCUT2D eigenvalue weighted by Gasteiger charge is -2.12. The second-order valence-electron chi connectivity index (χ2n) is 4.80. The monoisotopic (exact) mass is 301 g/mol. The SMILES string of the molecule is O=C1C[C@H](c2nc(-c3cccs3)no2)CN1c1cn[nH]c1. The molecule has 7 nitrogen and oxygen atoms in total. The molecule has 1 fully saturated rings. The van der Waals surface area contributed by atoms with Gasteiger partial charge in [-0.05, 0) is 11.4 Å². The van der Waals surface area contributed by atoms with Gasteiger partial charge in [0.1, 0.15) is 0 Å². The number of rotatable bonds is 3. The van der Waals surface area contributed by atoms with Crippen LogP contribution >= 0.6 is 11.3 Å². The van der Waals surface area contributed by atoms with Crippen molar-refractivity contribution >= 4 is 22.9 Å². The number of hydrogen-bond donors (Lipinski definition) is 1. The van der Waals surface area contributed by atoms with E-state index in [-0.39, 0.29) is 11.8 Å². The Bertz CT molecular complexity index is 749. The first-order valence-electron chi connectivity index (χ1n) is 6.48. The van der Waals surface area contributed by atoms with E-state index in [9.17, 15) is 4.79 Å². The van der Waals surface area contributed by atoms with Gasteiger partial charge in [-0.1, -0.05) is 11.2 Å². The van der Waals surface area contributed by atoms with Crippen molar-refractivity contribution < 1.29 is 9.32 Å². The van der Waals surface area contributed by atoms with Gasteiger partial charge in [-0.3, -0.25) is 9.89 Å². The number of nitrogens with one attached hydrogen (secondary N) is 1. The van der Waals surface area contributed by atoms with Gasteiger partial charge in [0, 0.05) is 19.2 Å². The average Bonchev–Trinajstić information content (AvgIpc) is 3.26. The van der Waals surface area contributed by atoms with E-state index in [2.05, 4.69) is 20.3 Å². The van der Waals surface area contributed by atoms with E-state index in [4.69, 9.17) is 4.52 Å². The lowest BCUT2D eigenvalue weighted by Crippen LogP contribution is -2.23. The molecule has 106 valence electrons. The van der Waals surface area contributed by atoms with Gasteiger partial charge in [0.25, 0.3) is 0 Å². The average molecular weight is 301 g/mol. The number of nitrogens with zero attached hydrogens (tertiary/aromatic N) is 4. The Kier molecular flexibility index (Phi) is 2.81. The highest BCUT2D eigenvalue weighted by molar-refractivity contribution is 7.13. The maximum absolute atomic E-state index is 12.1. The van der Waals surface area contributed by atoms with Crippen LogP contribution in [0.1, 0.15) is 18.2 Å². The summed E-state index contributed by atoms with van der Waals surface area (Å²) in [7, 11) is 0. The summed E-state index contributed by atoms with van der Waals surface area (Å²) in [4.78, 5) is 19.1. The standard InChI is InChI=1S/C13H11N5O2S/c19-11-4-8(7-18(11)9-5-14-15-6-9)13-16-12(17-20-13)10-2-1-3-21-10/h1-3,5-6,8H,4,7H2,(H,14,15)/t8-/m0/s1. The van der Waals surface area contributed by atoms with Gasteiger partial charge in [0.15, 0.2) is 0 Å². The molecule has 1 saturated heterocycles. The molecule has 0 saturated carbocycles. The lowest BCUT2D eigenvalue weighted by molar-refractivity contribution is -0.117. The Hall–Kier alpha value is -2.48. The quantitative estimate of drug-likeness (QED) is 0.799. The molecule has 4 rings (SSSR count). The molecule has 0 aliphatic carbocycles. The van der Waals surface area contributed by atoms with Crippen molar-refractivity contribution in [3.63, 3.8) is 0 Å². The predicted octanol–water partition coefficient (Wildman–Crippen LogP) is 2.04. The first-order valence-corrected chi connectivity index (χ1v) is 7.36. The Morgan fingerprint density at radius 3 is 3.19 bits per heavy atom. The molecule has 8 heteroatoms. The second-order valence-corrected chi connectivity index (χ2v) is 5.74. The van der Waals surface area contributed by atoms with Crippen LogP contribution in [-0.2, 0) is 4.79 Å². The third kappa shape index (κ3) is 2.13. The number of thiophene rings is 1. The summed E-state index contributed by atoms with van der Waals surface area (Å²) in [5.74, 6) is 1.05. The van der Waals surface area contributed by atoms with E-state index >= 15 is 0 Å². The van der Waals surface area contributed by atoms with Gasteiger partial charge in [-0.15, -0.1) is 11.3 Å². The zero-order valence-electron chi connectivity index (χ0n) is 10.9. The molecule has 1 aliphatic heterocycles. The lowest BCUT2D eigenvalue weighted by atomic mass is 10.1. The first-order chi connectivity index (χ1) is 10.3. The number of aromatic nitrogens is 4. The van der Waals surface area contributed by atoms with Crippen LogP contribution in [0.25, 0.3) is 10.7 Å². The molecule has 1 aliphatic rings. The van der Waals surface area contributed by atoms with Crippen molar-refractivity contribution in [1.29, 1.82) is 0 Å². The smallest absolute Gasteiger partial charge is 0.232 e. The van der Waals surface area contributed by atoms with Crippen molar-refractivity contribution in [1.82, 2.24) is 20.3 Å². The summed E-state index contributed by atoms with van der Waals surface area (Å²) in [5, 5.41) is 12.5. The fourth-order valence-electron chi connectivity index (χ4n) is 2.42. The van der Waals surface area contributed by atoms with E-state index in [1.807, 2.05) is 17.5 Å². The van der Waals surface area contributed by atoms with Crippen LogP contribution in [0, 0.1) is 0 Å². The number of aromatic amines is 1. The van der Waals surface area contributed by atoms with Gasteiger partial charge in [0.2, 0.25) is 17.6 Å². The van der Waals surface area contributed by atoms with Gasteiger partial charge < -0.3 is 9.42 Å². The fraction of sp³-hybridized carbons (Fsp3) is 0.231. The first kappa shape index (κ1) is 12.3. The Morgan fingerprint density at radius 1 is 1.48 bits per heavy atom. The molecule has 0 bridgehead atoms. The summed E-state index contributed by atoms with van der Waals surface area (Å²) in [6.07, 6.45) is 3.70. The van der Waals surface area contributed by atoms with Crippen LogP contribution in [0.15, 0.2) is 34.4 Å². The molecule has 1 N–H and O–H groups in total. The minimum absolute atomic E-state index is 0.0391. The number of anilines is 1. The van der Waals surface area contributed by atoms with Gasteiger partial charge in [-0.25, -0.2) is 0 Å². The number of carbonyl (C=O) groups is 1. The van der Waals surface area contributed by atoms with Crippen molar-refractivity contribution in [2.75, 3.05) is 11.4 Å². The van der Waals surface area contributed by atoms with Crippen LogP contribution in [0.5, 0.6) is 0 Å². The number of hydrogen-bond acceptors (Lipinski definition) is 6. The molecule has 3 aromatic heterocycles. The molecular formula is C13H11N5O2S. The molecule has 1 amide bonds. The number of carbonyl (C=O) groups excluding carboxylic acids is 1. The highest BCUT2D eigenvalue weighted by Gasteiger charge is 2.35. The molecule has 0 radical (unpaired) electrons. The molecule has 3 aromatic rings. The third-order valence-electron chi connectivity index (χ3n) is 3.45. The van der Waals surface area contributed by atoms with Gasteiger partial charge in [0.05, 0.1) is 22.7 Å². The summed E-state index contributed by atoms with van der Waals surface area (Å²) in [5.41, 5.74) is 0.764. The normalized spacial score (nSPS) is 18.6. The summed E-state index contributed by atoms with van der Waals surface area (Å²) in [6, 6.07) is 3.88. The molecule has 1 atom stereocenters. The van der Waals surface area contributed by atoms with E-state index in [1.165, 1.54) is 0 Å². The second kappa shape index (κ2) is 4.81. The zero-order chi connectivity index (χ0) is 14.2. The molecule has 0 spiro atoms. The minimum Gasteiger partial charge on any atom is -0.339 e. The predicted molar refractivity (Wildman–Crippen MR) is 75.9 cm³/mol. The topological polar surface area (TPSA) is 87.9 Å². The molecule has 0 aromatic carbocycles. The molecule has 0 unspecified atom stereocenters. The molecule has 4 heterocycles. The number of amides is 1. The van der Waals surface area contributed by atoms with E-state index in [1.54, 1.807) is 28.6 Å². The maximum atomic E-state index is 12.1. The van der Waals surface area contributed by atoms with Crippen LogP contribution in [0.4, 0.5) is 5.69 Å². The van der Waals surface area contributed by atoms with Crippen LogP contribution in [-0.4, -0.2) is 32.8 Å². The molecule has 21 heavy (non-hydrogen) atoms. The minimum atomic E-state index is -0.0754. The Balaban J connectivity index is 1.57. The van der Waals surface area contributed by atoms with Crippen LogP contribution in [0.2, 0.25) is 0 Å². The highest BCUT2D eigenvalue weighted by atomic mass is 32.1. The highest BCUT2D eigenvalue weighted by Crippen LogP contribution is 2.32. The van der Waals surface area contributed by atoms with Crippen LogP contribution < -0.4 is 4.90 Å². The summed E-state index contributed by atoms with van der Waals surface area (Å²) >= 11 is 1.56. The van der Waals surface area contributed by atoms with Crippen molar-refractivity contribution in [2.45, 2.75) is 12.3 Å². The van der Waals surface area contributed by atoms with Gasteiger partial charge >= 0.3 is 0 Å². The van der Waals surface area contributed by atoms with Crippen molar-refractivity contribution in [3.8, 4) is 10.7 Å². The van der Waals surface area contributed by atoms with E-state index in [0.717, 1.165) is 10.6 Å². The summed E-state index contributed by atoms with van der Waals surface area (Å²) in [6.45, 7) is 0.532. The largest absolute Gasteiger partial charge is 0.339 e. The van der Waals surface area contributed by atoms with Crippen molar-refractivity contribution in [2.24, 2.45) is 0 Å². The van der Waals surface area contributed by atoms with Crippen molar-refractivity contribution in [3.05, 3.63) is 35.8 Å². The Morgan fingerprint density at radius 2 is 2.43 bits per heavy atom. The van der Waals surface area contributed by atoms with Gasteiger partial charge in [-0.2, -0.15) is 10.1 Å². The Labute approximate surface area is 123 Å². The number of H-pyrrole nitrogens is 1. The molecular weight excluding hydrogens is 290 g/mol. The third-order valence-corrected chi connectivity index (χ3v) is 4.32. The van der Waals surface area contributed by atoms with E-state index < -0.39 is 0 Å². The fourth-order valence-corrected chi connectivity index (χ4v) is 3.07. The van der Waals surface area contributed by atoms with E-state index in [0.29, 0.717) is 24.7 Å².